The van der Waals surface area contributed by atoms with E-state index >= 15 is 0 Å². The van der Waals surface area contributed by atoms with Crippen molar-refractivity contribution in [1.82, 2.24) is 29.8 Å². The Morgan fingerprint density at radius 1 is 0.909 bits per heavy atom. The Bertz CT molecular complexity index is 1600. The maximum atomic E-state index is 5.80. The summed E-state index contributed by atoms with van der Waals surface area (Å²) in [4.78, 5) is 5.09. The number of H-pyrrole nitrogens is 1. The van der Waals surface area contributed by atoms with Gasteiger partial charge in [-0.25, -0.2) is 4.98 Å². The van der Waals surface area contributed by atoms with Gasteiger partial charge in [0.05, 0.1) is 23.0 Å². The average Bonchev–Trinajstić information content (AvgIpc) is 3.49. The molecule has 4 heterocycles. The first kappa shape index (κ1) is 19.3. The second kappa shape index (κ2) is 7.65. The number of hydrogen-bond donors (Lipinski definition) is 2. The van der Waals surface area contributed by atoms with Gasteiger partial charge in [-0.3, -0.25) is 9.50 Å². The fraction of sp³-hybridized carbons (Fsp3) is 0.0769. The minimum Gasteiger partial charge on any atom is -0.326 e. The number of nitrogens with zero attached hydrogens (tertiary/aromatic N) is 5. The highest BCUT2D eigenvalue weighted by molar-refractivity contribution is 5.98. The Morgan fingerprint density at radius 3 is 2.45 bits per heavy atom. The lowest BCUT2D eigenvalue weighted by molar-refractivity contribution is 1.04. The summed E-state index contributed by atoms with van der Waals surface area (Å²) in [6.07, 6.45) is 3.74. The molecule has 3 N–H and O–H groups in total. The first-order valence-electron chi connectivity index (χ1n) is 10.8. The second-order valence-electron chi connectivity index (χ2n) is 8.03. The number of aromatic amines is 1. The molecule has 0 aliphatic carbocycles. The van der Waals surface area contributed by atoms with Crippen molar-refractivity contribution >= 4 is 16.6 Å². The van der Waals surface area contributed by atoms with E-state index in [-0.39, 0.29) is 0 Å². The third kappa shape index (κ3) is 3.18. The van der Waals surface area contributed by atoms with E-state index in [1.165, 1.54) is 0 Å². The number of aromatic nitrogens is 6. The van der Waals surface area contributed by atoms with Crippen LogP contribution in [0.5, 0.6) is 0 Å². The van der Waals surface area contributed by atoms with Gasteiger partial charge in [0.2, 0.25) is 0 Å². The largest absolute Gasteiger partial charge is 0.326 e. The van der Waals surface area contributed by atoms with Gasteiger partial charge in [0.15, 0.2) is 11.5 Å². The molecule has 6 aromatic rings. The normalized spacial score (nSPS) is 11.5. The number of pyridine rings is 2. The summed E-state index contributed by atoms with van der Waals surface area (Å²) in [5, 5.41) is 17.0. The predicted molar refractivity (Wildman–Crippen MR) is 129 cm³/mol. The fourth-order valence-corrected chi connectivity index (χ4v) is 4.21. The molecular weight excluding hydrogens is 410 g/mol. The van der Waals surface area contributed by atoms with E-state index < -0.39 is 0 Å². The SMILES string of the molecule is Cc1[nH]ncc1-c1nnc2c3cc(-c4ccccc4)c(-c4ccc(CN)cc4)nc3ccn12. The maximum absolute atomic E-state index is 5.80. The van der Waals surface area contributed by atoms with E-state index in [0.717, 1.165) is 61.6 Å². The Morgan fingerprint density at radius 2 is 1.73 bits per heavy atom. The zero-order valence-corrected chi connectivity index (χ0v) is 18.0. The smallest absolute Gasteiger partial charge is 0.171 e. The molecule has 0 spiro atoms. The first-order valence-corrected chi connectivity index (χ1v) is 10.8. The molecule has 0 saturated heterocycles. The zero-order valence-electron chi connectivity index (χ0n) is 18.0. The van der Waals surface area contributed by atoms with Crippen LogP contribution in [0.15, 0.2) is 79.1 Å². The topological polar surface area (TPSA) is 97.8 Å². The summed E-state index contributed by atoms with van der Waals surface area (Å²) in [6, 6.07) is 22.7. The van der Waals surface area contributed by atoms with Crippen LogP contribution in [0.25, 0.3) is 50.3 Å². The number of nitrogens with two attached hydrogens (primary N) is 1. The predicted octanol–water partition coefficient (Wildman–Crippen LogP) is 4.77. The first-order chi connectivity index (χ1) is 16.2. The molecule has 160 valence electrons. The summed E-state index contributed by atoms with van der Waals surface area (Å²) in [5.74, 6) is 0.751. The van der Waals surface area contributed by atoms with Gasteiger partial charge in [-0.15, -0.1) is 10.2 Å². The summed E-state index contributed by atoms with van der Waals surface area (Å²) in [5.41, 5.74) is 14.5. The molecule has 0 amide bonds. The molecule has 0 aliphatic rings. The molecule has 0 bridgehead atoms. The van der Waals surface area contributed by atoms with Gasteiger partial charge in [-0.1, -0.05) is 54.6 Å². The van der Waals surface area contributed by atoms with Gasteiger partial charge in [-0.2, -0.15) is 5.10 Å². The number of benzene rings is 2. The van der Waals surface area contributed by atoms with Gasteiger partial charge < -0.3 is 5.73 Å². The molecule has 7 heteroatoms. The van der Waals surface area contributed by atoms with Crippen LogP contribution in [0.3, 0.4) is 0 Å². The second-order valence-corrected chi connectivity index (χ2v) is 8.03. The number of fused-ring (bicyclic) bond motifs is 3. The van der Waals surface area contributed by atoms with Crippen molar-refractivity contribution < 1.29 is 0 Å². The summed E-state index contributed by atoms with van der Waals surface area (Å²) in [6.45, 7) is 2.49. The zero-order chi connectivity index (χ0) is 22.4. The van der Waals surface area contributed by atoms with Crippen molar-refractivity contribution in [1.29, 1.82) is 0 Å². The van der Waals surface area contributed by atoms with Gasteiger partial charge in [-0.05, 0) is 30.2 Å². The third-order valence-corrected chi connectivity index (χ3v) is 5.99. The van der Waals surface area contributed by atoms with E-state index in [2.05, 4.69) is 62.9 Å². The highest BCUT2D eigenvalue weighted by Gasteiger charge is 2.17. The number of nitrogens with one attached hydrogen (secondary N) is 1. The van der Waals surface area contributed by atoms with Crippen LogP contribution in [0.4, 0.5) is 0 Å². The lowest BCUT2D eigenvalue weighted by Crippen LogP contribution is -1.97. The Hall–Kier alpha value is -4.36. The van der Waals surface area contributed by atoms with Crippen molar-refractivity contribution in [3.05, 3.63) is 90.4 Å². The van der Waals surface area contributed by atoms with Crippen LogP contribution in [0, 0.1) is 6.92 Å². The van der Waals surface area contributed by atoms with Gasteiger partial charge >= 0.3 is 0 Å². The van der Waals surface area contributed by atoms with Crippen LogP contribution in [0.2, 0.25) is 0 Å². The molecule has 33 heavy (non-hydrogen) atoms. The van der Waals surface area contributed by atoms with Crippen molar-refractivity contribution in [3.8, 4) is 33.8 Å². The molecular formula is C26H21N7. The molecule has 0 saturated carbocycles. The molecule has 0 unspecified atom stereocenters. The standard InChI is InChI=1S/C26H21N7/c1-16-22(15-28-30-16)26-32-31-25-21-13-20(18-5-3-2-4-6-18)24(29-23(21)11-12-33(25)26)19-9-7-17(14-27)8-10-19/h2-13,15H,14,27H2,1H3,(H,28,30). The maximum Gasteiger partial charge on any atom is 0.171 e. The molecule has 2 aromatic carbocycles. The van der Waals surface area contributed by atoms with Gasteiger partial charge in [0.25, 0.3) is 0 Å². The van der Waals surface area contributed by atoms with E-state index in [1.807, 2.05) is 41.8 Å². The van der Waals surface area contributed by atoms with Gasteiger partial charge in [0.1, 0.15) is 0 Å². The number of aryl methyl sites for hydroxylation is 1. The van der Waals surface area contributed by atoms with Crippen molar-refractivity contribution in [3.63, 3.8) is 0 Å². The van der Waals surface area contributed by atoms with Crippen LogP contribution in [-0.2, 0) is 6.54 Å². The molecule has 4 aromatic heterocycles. The highest BCUT2D eigenvalue weighted by atomic mass is 15.3. The molecule has 6 rings (SSSR count). The van der Waals surface area contributed by atoms with Crippen LogP contribution < -0.4 is 5.73 Å². The Balaban J connectivity index is 1.62. The molecule has 0 aliphatic heterocycles. The highest BCUT2D eigenvalue weighted by Crippen LogP contribution is 2.35. The minimum atomic E-state index is 0.514. The van der Waals surface area contributed by atoms with E-state index in [9.17, 15) is 0 Å². The Labute approximate surface area is 189 Å². The number of hydrogen-bond acceptors (Lipinski definition) is 5. The monoisotopic (exact) mass is 431 g/mol. The lowest BCUT2D eigenvalue weighted by atomic mass is 9.97. The molecule has 0 atom stereocenters. The van der Waals surface area contributed by atoms with Crippen molar-refractivity contribution in [2.24, 2.45) is 5.73 Å². The fourth-order valence-electron chi connectivity index (χ4n) is 4.21. The quantitative estimate of drug-likeness (QED) is 0.419. The number of rotatable bonds is 4. The van der Waals surface area contributed by atoms with Crippen molar-refractivity contribution in [2.75, 3.05) is 0 Å². The van der Waals surface area contributed by atoms with Gasteiger partial charge in [0, 0.05) is 34.9 Å². The van der Waals surface area contributed by atoms with Crippen molar-refractivity contribution in [2.45, 2.75) is 13.5 Å². The van der Waals surface area contributed by atoms with E-state index in [1.54, 1.807) is 6.20 Å². The molecule has 0 fully saturated rings. The molecule has 0 radical (unpaired) electrons. The third-order valence-electron chi connectivity index (χ3n) is 5.99. The summed E-state index contributed by atoms with van der Waals surface area (Å²) in [7, 11) is 0. The van der Waals surface area contributed by atoms with E-state index in [0.29, 0.717) is 6.54 Å². The van der Waals surface area contributed by atoms with E-state index in [4.69, 9.17) is 10.7 Å². The Kier molecular flexibility index (Phi) is 4.48. The van der Waals surface area contributed by atoms with Crippen LogP contribution >= 0.6 is 0 Å². The minimum absolute atomic E-state index is 0.514. The van der Waals surface area contributed by atoms with Crippen LogP contribution in [-0.4, -0.2) is 29.8 Å². The lowest BCUT2D eigenvalue weighted by Gasteiger charge is -2.12. The molecule has 7 nitrogen and oxygen atoms in total. The average molecular weight is 432 g/mol. The summed E-state index contributed by atoms with van der Waals surface area (Å²) < 4.78 is 1.99. The summed E-state index contributed by atoms with van der Waals surface area (Å²) >= 11 is 0. The van der Waals surface area contributed by atoms with Crippen LogP contribution in [0.1, 0.15) is 11.3 Å².